The van der Waals surface area contributed by atoms with Crippen molar-refractivity contribution < 1.29 is 160 Å². The fraction of sp³-hybridized carbons (Fsp3) is 0.198. The molecule has 53 heteroatoms. The lowest BCUT2D eigenvalue weighted by atomic mass is 10.2. The standard InChI is InChI=1S/C18H17N3O7S.C17H15ClN2O3.C17H17ClN2O3.C16H15N3O5S.C16H14N2O6S.C12H15N3O9/c1-11(22)26-15-8-7-13(29-28-27-19)9-14(15)20(10-16(23)24)17-18(25)21(17)12-5-3-2-4-6-12;1-11-7-8-13(9-14(11)18)19(10-15(21)22)16-17(23)20(16)12-5-3-2-4-6-12;1-12-7-8-14(9-15(12)18)20(11-17(22)23)10-16(21)19-13-5-3-2-4-6-13;17-23-24-25-13-8-6-11(7-9-13)18(10-14(20)21)15-16(22)19(15)12-4-2-1-3-5-12;19-14(20)10-17(11-6-8-13(9-7-11)25-24-23-22)15-16(21)18(15)12-4-2-1-3-5-12;1-4(7(16)17)22-10-13-11(23-5(2)8(18)19)15-12(14-10)24-6(3)9(20)21/h2-9,17H,10,19H2,1H3,(H,23,24);2-9,16H,10H2,1H3,(H,21,22);2-9H,10-11H2,1H3,(H,19,21)(H,22,23);1-9,15H,10,17H2,(H,20,21);1-9,15,22H,10H2,(H,19,20);4-6H,1-3H3,(H,16,17)(H,18,19)(H,20,21). The van der Waals surface area contributed by atoms with E-state index in [9.17, 15) is 87.5 Å². The van der Waals surface area contributed by atoms with Crippen LogP contribution in [0.25, 0.3) is 0 Å². The summed E-state index contributed by atoms with van der Waals surface area (Å²) in [6.07, 6.45) is -6.78. The average Bonchev–Trinajstić information content (AvgIpc) is 1.60. The van der Waals surface area contributed by atoms with Crippen molar-refractivity contribution in [3.05, 3.63) is 276 Å². The smallest absolute Gasteiger partial charge is 0.344 e. The number of carboxylic acid groups (broad SMARTS) is 8. The largest absolute Gasteiger partial charge is 0.480 e. The number of hydrogen-bond acceptors (Lipinski definition) is 38. The number of esters is 1. The third-order valence-electron chi connectivity index (χ3n) is 20.6. The van der Waals surface area contributed by atoms with Crippen LogP contribution < -0.4 is 80.2 Å². The van der Waals surface area contributed by atoms with Gasteiger partial charge in [-0.2, -0.15) is 11.8 Å². The molecule has 4 aliphatic rings. The summed E-state index contributed by atoms with van der Waals surface area (Å²) in [6, 6.07) is 72.1. The normalized spacial score (nSPS) is 14.7. The number of aromatic nitrogens is 3. The van der Waals surface area contributed by atoms with Gasteiger partial charge in [-0.1, -0.05) is 131 Å². The van der Waals surface area contributed by atoms with Gasteiger partial charge in [-0.05, 0) is 197 Å². The number of nitrogens with zero attached hydrogens (tertiary/aromatic N) is 12. The predicted molar refractivity (Wildman–Crippen MR) is 537 cm³/mol. The molecule has 0 aliphatic carbocycles. The van der Waals surface area contributed by atoms with Crippen LogP contribution in [0.3, 0.4) is 0 Å². The maximum absolute atomic E-state index is 12.5. The molecule has 7 atom stereocenters. The molecule has 14 N–H and O–H groups in total. The summed E-state index contributed by atoms with van der Waals surface area (Å²) in [6.45, 7) is 6.78. The Morgan fingerprint density at radius 3 is 1.01 bits per heavy atom. The van der Waals surface area contributed by atoms with Crippen LogP contribution in [-0.4, -0.2) is 227 Å². The topological polar surface area (TPSA) is 644 Å². The van der Waals surface area contributed by atoms with Gasteiger partial charge in [0.15, 0.2) is 48.7 Å². The number of hydrogen-bond donors (Lipinski definition) is 12. The van der Waals surface area contributed by atoms with Gasteiger partial charge in [0, 0.05) is 82.8 Å². The monoisotopic (exact) mass is 2150 g/mol. The number of ether oxygens (including phenoxy) is 4. The van der Waals surface area contributed by atoms with Crippen LogP contribution in [0.15, 0.2) is 269 Å². The van der Waals surface area contributed by atoms with Crippen molar-refractivity contribution in [3.63, 3.8) is 0 Å². The van der Waals surface area contributed by atoms with Crippen LogP contribution in [0.1, 0.15) is 38.8 Å². The number of carbonyl (C=O) groups excluding carboxylic acids is 6. The Morgan fingerprint density at radius 2 is 0.685 bits per heavy atom. The minimum atomic E-state index is -1.33. The highest BCUT2D eigenvalue weighted by Crippen LogP contribution is 2.43. The van der Waals surface area contributed by atoms with Crippen LogP contribution >= 0.6 is 59.3 Å². The summed E-state index contributed by atoms with van der Waals surface area (Å²) in [5.74, 6) is -1.06. The molecule has 11 aromatic rings. The van der Waals surface area contributed by atoms with E-state index in [1.54, 1.807) is 166 Å². The molecule has 4 aliphatic heterocycles. The lowest BCUT2D eigenvalue weighted by molar-refractivity contribution is -0.432. The first-order valence-electron chi connectivity index (χ1n) is 43.5. The van der Waals surface area contributed by atoms with Crippen LogP contribution in [0, 0.1) is 13.8 Å². The third-order valence-corrected chi connectivity index (χ3v) is 23.2. The predicted octanol–water partition coefficient (Wildman–Crippen LogP) is 11.4. The lowest BCUT2D eigenvalue weighted by Gasteiger charge is -2.24. The Balaban J connectivity index is 0.000000183. The fourth-order valence-corrected chi connectivity index (χ4v) is 15.0. The zero-order chi connectivity index (χ0) is 108. The number of aliphatic carboxylic acids is 8. The summed E-state index contributed by atoms with van der Waals surface area (Å²) in [4.78, 5) is 196. The number of para-hydroxylation sites is 5. The van der Waals surface area contributed by atoms with Crippen LogP contribution in [0.5, 0.6) is 23.8 Å². The first kappa shape index (κ1) is 114. The number of amides is 5. The molecule has 5 heterocycles. The highest BCUT2D eigenvalue weighted by atomic mass is 35.5. The van der Waals surface area contributed by atoms with Crippen molar-refractivity contribution in [1.29, 1.82) is 0 Å². The maximum Gasteiger partial charge on any atom is 0.344 e. The number of benzene rings is 10. The minimum absolute atomic E-state index is 0.0828. The van der Waals surface area contributed by atoms with Crippen LogP contribution in [0.4, 0.5) is 56.9 Å². The lowest BCUT2D eigenvalue weighted by Crippen LogP contribution is -2.37. The van der Waals surface area contributed by atoms with Crippen molar-refractivity contribution in [3.8, 4) is 23.8 Å². The van der Waals surface area contributed by atoms with Crippen molar-refractivity contribution in [2.75, 3.05) is 88.7 Å². The van der Waals surface area contributed by atoms with E-state index < -0.39 is 121 Å². The van der Waals surface area contributed by atoms with Gasteiger partial charge in [-0.3, -0.25) is 72.3 Å². The van der Waals surface area contributed by atoms with Gasteiger partial charge >= 0.3 is 71.8 Å². The zero-order valence-corrected chi connectivity index (χ0v) is 82.8. The number of nitrogens with two attached hydrogens (primary N) is 2. The SMILES string of the molecule is CC(=O)Oc1ccc(SOON)cc1N(CC(=O)O)C1C(=O)N1c1ccccc1.CC(Oc1nc(OC(C)C(=O)O)nc(OC(C)C(=O)O)n1)C(=O)O.Cc1ccc(N(CC(=O)O)C2C(=O)N2c2ccccc2)cc1Cl.Cc1ccc(N(CC(=O)O)CC(=O)Nc2ccccc2)cc1Cl.NOOSc1ccc(N(CC(=O)O)C2C(=O)N2c2ccccc2)cc1.O=C(O)CN(c1ccc(SOOO)cc1)C1C(=O)N1c1ccccc1. The van der Waals surface area contributed by atoms with Gasteiger partial charge in [0.2, 0.25) is 5.91 Å². The second-order valence-corrected chi connectivity index (χ2v) is 34.3. The van der Waals surface area contributed by atoms with Crippen molar-refractivity contribution in [2.24, 2.45) is 11.8 Å². The summed E-state index contributed by atoms with van der Waals surface area (Å²) < 4.78 is 33.5. The molecule has 15 rings (SSSR count). The van der Waals surface area contributed by atoms with E-state index in [-0.39, 0.29) is 73.7 Å². The number of nitrogens with one attached hydrogen (secondary N) is 1. The molecule has 782 valence electrons. The number of rotatable bonds is 45. The van der Waals surface area contributed by atoms with E-state index in [2.05, 4.69) is 48.3 Å². The number of carbonyl (C=O) groups is 14. The first-order chi connectivity index (χ1) is 71.2. The first-order valence-corrected chi connectivity index (χ1v) is 46.5. The molecule has 4 saturated heterocycles. The molecule has 5 amide bonds. The molecule has 7 unspecified atom stereocenters. The fourth-order valence-electron chi connectivity index (χ4n) is 13.5. The molecule has 10 aromatic carbocycles. The Labute approximate surface area is 869 Å². The molecule has 149 heavy (non-hydrogen) atoms. The Hall–Kier alpha value is -16.5. The van der Waals surface area contributed by atoms with E-state index >= 15 is 0 Å². The van der Waals surface area contributed by atoms with Gasteiger partial charge in [-0.25, -0.2) is 19.6 Å². The highest BCUT2D eigenvalue weighted by Gasteiger charge is 2.55. The second kappa shape index (κ2) is 55.1. The summed E-state index contributed by atoms with van der Waals surface area (Å²) >= 11 is 14.7. The highest BCUT2D eigenvalue weighted by molar-refractivity contribution is 7.95. The number of aryl methyl sites for hydroxylation is 2. The molecular formula is C96H93Cl2N15O33S3. The van der Waals surface area contributed by atoms with E-state index in [1.165, 1.54) is 69.2 Å². The third kappa shape index (κ3) is 34.0. The van der Waals surface area contributed by atoms with Gasteiger partial charge < -0.3 is 89.6 Å². The van der Waals surface area contributed by atoms with Crippen molar-refractivity contribution in [1.82, 2.24) is 15.0 Å². The molecule has 0 spiro atoms. The Kier molecular flexibility index (Phi) is 42.3. The number of carboxylic acids is 8. The molecule has 1 aromatic heterocycles. The molecule has 0 saturated carbocycles. The van der Waals surface area contributed by atoms with E-state index in [4.69, 9.17) is 79.6 Å². The molecule has 0 radical (unpaired) electrons. The van der Waals surface area contributed by atoms with Gasteiger partial charge in [0.25, 0.3) is 23.6 Å². The second-order valence-electron chi connectivity index (χ2n) is 31.2. The van der Waals surface area contributed by atoms with Gasteiger partial charge in [0.05, 0.1) is 48.4 Å². The van der Waals surface area contributed by atoms with E-state index in [0.717, 1.165) is 58.6 Å². The van der Waals surface area contributed by atoms with E-state index in [1.807, 2.05) is 105 Å². The minimum Gasteiger partial charge on any atom is -0.480 e. The maximum atomic E-state index is 12.5. The average molecular weight is 2150 g/mol. The quantitative estimate of drug-likeness (QED) is 0.00421. The molecule has 4 fully saturated rings. The Bertz CT molecular complexity index is 6320. The van der Waals surface area contributed by atoms with Gasteiger partial charge in [0.1, 0.15) is 32.7 Å². The van der Waals surface area contributed by atoms with Gasteiger partial charge in [-0.15, -0.1) is 37.9 Å². The van der Waals surface area contributed by atoms with Crippen molar-refractivity contribution in [2.45, 2.75) is 99.2 Å². The summed E-state index contributed by atoms with van der Waals surface area (Å²) in [7, 11) is 0. The van der Waals surface area contributed by atoms with Crippen LogP contribution in [-0.2, 0) is 95.1 Å². The molecular weight excluding hydrogens is 2060 g/mol. The Morgan fingerprint density at radius 1 is 0.383 bits per heavy atom. The zero-order valence-electron chi connectivity index (χ0n) is 78.9. The van der Waals surface area contributed by atoms with Crippen LogP contribution in [0.2, 0.25) is 10.0 Å². The molecule has 0 bridgehead atoms. The summed E-state index contributed by atoms with van der Waals surface area (Å²) in [5, 5.41) is 88.0. The van der Waals surface area contributed by atoms with E-state index in [0.29, 0.717) is 64.5 Å². The molecule has 48 nitrogen and oxygen atoms in total. The number of halogens is 2. The number of anilines is 10. The van der Waals surface area contributed by atoms with Crippen molar-refractivity contribution >= 4 is 199 Å². The summed E-state index contributed by atoms with van der Waals surface area (Å²) in [5.41, 5.74) is 7.87.